The van der Waals surface area contributed by atoms with E-state index in [0.29, 0.717) is 0 Å². The normalized spacial score (nSPS) is 12.6. The number of hydrogen-bond donors (Lipinski definition) is 2. The van der Waals surface area contributed by atoms with Gasteiger partial charge in [0, 0.05) is 16.8 Å². The van der Waals surface area contributed by atoms with Gasteiger partial charge in [0.05, 0.1) is 11.7 Å². The topological polar surface area (TPSA) is 45.2 Å². The summed E-state index contributed by atoms with van der Waals surface area (Å²) in [5, 5.41) is 13.7. The van der Waals surface area contributed by atoms with Gasteiger partial charge < -0.3 is 10.4 Å². The fraction of sp³-hybridized carbons (Fsp3) is 0.118. The van der Waals surface area contributed by atoms with E-state index in [1.54, 1.807) is 6.07 Å². The first kappa shape index (κ1) is 13.9. The maximum absolute atomic E-state index is 9.49. The molecule has 102 valence electrons. The van der Waals surface area contributed by atoms with Crippen LogP contribution in [0.4, 0.5) is 5.69 Å². The first-order valence-electron chi connectivity index (χ1n) is 6.54. The van der Waals surface area contributed by atoms with Crippen LogP contribution < -0.4 is 5.32 Å². The number of nitrogens with zero attached hydrogens (tertiary/aromatic N) is 1. The lowest BCUT2D eigenvalue weighted by Gasteiger charge is -2.08. The second-order valence-electron chi connectivity index (χ2n) is 4.37. The van der Waals surface area contributed by atoms with E-state index in [-0.39, 0.29) is 5.75 Å². The molecule has 0 radical (unpaired) electrons. The summed E-state index contributed by atoms with van der Waals surface area (Å²) >= 11 is 0. The highest BCUT2D eigenvalue weighted by Gasteiger charge is 2.00. The first-order valence-corrected chi connectivity index (χ1v) is 6.54. The van der Waals surface area contributed by atoms with E-state index in [0.717, 1.165) is 22.3 Å². The first-order chi connectivity index (χ1) is 9.72. The molecule has 0 aliphatic heterocycles. The van der Waals surface area contributed by atoms with Crippen LogP contribution in [0.3, 0.4) is 0 Å². The molecule has 0 bridgehead atoms. The number of nitrogens with one attached hydrogen (secondary N) is 1. The van der Waals surface area contributed by atoms with Crippen molar-refractivity contribution in [2.45, 2.75) is 13.8 Å². The van der Waals surface area contributed by atoms with Crippen molar-refractivity contribution in [3.63, 3.8) is 0 Å². The number of anilines is 1. The molecule has 0 aliphatic rings. The van der Waals surface area contributed by atoms with Gasteiger partial charge in [-0.25, -0.2) is 0 Å². The molecule has 0 saturated heterocycles. The van der Waals surface area contributed by atoms with E-state index in [4.69, 9.17) is 0 Å². The number of benzene rings is 1. The van der Waals surface area contributed by atoms with Crippen molar-refractivity contribution in [2.24, 2.45) is 0 Å². The molecule has 2 N–H and O–H groups in total. The Bertz CT molecular complexity index is 684. The third kappa shape index (κ3) is 3.48. The van der Waals surface area contributed by atoms with Crippen LogP contribution in [0.25, 0.3) is 10.9 Å². The van der Waals surface area contributed by atoms with Crippen molar-refractivity contribution in [3.05, 3.63) is 66.5 Å². The van der Waals surface area contributed by atoms with Gasteiger partial charge in [0.25, 0.3) is 0 Å². The predicted octanol–water partition coefficient (Wildman–Crippen LogP) is 4.39. The molecule has 0 fully saturated rings. The summed E-state index contributed by atoms with van der Waals surface area (Å²) in [4.78, 5) is 4.17. The summed E-state index contributed by atoms with van der Waals surface area (Å²) in [5.41, 5.74) is 2.81. The number of aromatic hydroxyl groups is 1. The van der Waals surface area contributed by atoms with E-state index in [1.165, 1.54) is 6.20 Å². The summed E-state index contributed by atoms with van der Waals surface area (Å²) in [6.45, 7) is 3.96. The van der Waals surface area contributed by atoms with Gasteiger partial charge in [0.1, 0.15) is 5.75 Å². The molecule has 3 nitrogen and oxygen atoms in total. The number of aromatic nitrogens is 1. The van der Waals surface area contributed by atoms with Gasteiger partial charge in [-0.15, -0.1) is 0 Å². The molecule has 1 aromatic carbocycles. The summed E-state index contributed by atoms with van der Waals surface area (Å²) in [7, 11) is 0. The largest absolute Gasteiger partial charge is 0.506 e. The molecule has 2 rings (SSSR count). The van der Waals surface area contributed by atoms with Crippen LogP contribution in [-0.4, -0.2) is 10.1 Å². The Labute approximate surface area is 119 Å². The Morgan fingerprint density at radius 3 is 2.80 bits per heavy atom. The highest BCUT2D eigenvalue weighted by molar-refractivity contribution is 5.83. The third-order valence-electron chi connectivity index (χ3n) is 2.77. The van der Waals surface area contributed by atoms with Crippen molar-refractivity contribution in [1.82, 2.24) is 4.98 Å². The fourth-order valence-corrected chi connectivity index (χ4v) is 1.88. The van der Waals surface area contributed by atoms with Crippen molar-refractivity contribution < 1.29 is 5.11 Å². The van der Waals surface area contributed by atoms with Crippen LogP contribution in [0.15, 0.2) is 66.5 Å². The zero-order chi connectivity index (χ0) is 14.4. The Morgan fingerprint density at radius 1 is 1.20 bits per heavy atom. The van der Waals surface area contributed by atoms with Crippen molar-refractivity contribution in [3.8, 4) is 5.75 Å². The number of hydrogen-bond acceptors (Lipinski definition) is 3. The Balaban J connectivity index is 2.32. The molecule has 1 heterocycles. The second-order valence-corrected chi connectivity index (χ2v) is 4.37. The molecule has 0 saturated carbocycles. The molecule has 0 spiro atoms. The Morgan fingerprint density at radius 2 is 2.05 bits per heavy atom. The van der Waals surface area contributed by atoms with E-state index < -0.39 is 0 Å². The van der Waals surface area contributed by atoms with E-state index in [2.05, 4.69) is 10.3 Å². The molecule has 2 aromatic rings. The summed E-state index contributed by atoms with van der Waals surface area (Å²) in [6.07, 6.45) is 11.4. The van der Waals surface area contributed by atoms with Crippen LogP contribution in [-0.2, 0) is 0 Å². The molecule has 3 heteroatoms. The molecule has 1 aromatic heterocycles. The van der Waals surface area contributed by atoms with Crippen molar-refractivity contribution >= 4 is 16.6 Å². The van der Waals surface area contributed by atoms with Crippen LogP contribution in [0, 0.1) is 0 Å². The van der Waals surface area contributed by atoms with Crippen LogP contribution in [0.2, 0.25) is 0 Å². The predicted molar refractivity (Wildman–Crippen MR) is 84.7 cm³/mol. The molecule has 20 heavy (non-hydrogen) atoms. The van der Waals surface area contributed by atoms with Gasteiger partial charge >= 0.3 is 0 Å². The van der Waals surface area contributed by atoms with Gasteiger partial charge in [-0.1, -0.05) is 18.2 Å². The summed E-state index contributed by atoms with van der Waals surface area (Å²) in [6, 6.07) is 7.58. The Hall–Kier alpha value is -2.55. The number of fused-ring (bicyclic) bond motifs is 1. The zero-order valence-corrected chi connectivity index (χ0v) is 11.7. The number of allylic oxidation sites excluding steroid dienone is 5. The highest BCUT2D eigenvalue weighted by atomic mass is 16.3. The van der Waals surface area contributed by atoms with Crippen LogP contribution in [0.5, 0.6) is 5.75 Å². The summed E-state index contributed by atoms with van der Waals surface area (Å²) < 4.78 is 0. The number of rotatable bonds is 4. The number of pyridine rings is 1. The molecular weight excluding hydrogens is 248 g/mol. The van der Waals surface area contributed by atoms with E-state index in [1.807, 2.05) is 62.4 Å². The van der Waals surface area contributed by atoms with Crippen molar-refractivity contribution in [1.29, 1.82) is 0 Å². The SMILES string of the molecule is C\C=C/C=C(\C=C\C)Nc1ccc2ncc(O)cc2c1. The van der Waals surface area contributed by atoms with Gasteiger partial charge in [-0.05, 0) is 50.3 Å². The van der Waals surface area contributed by atoms with Crippen molar-refractivity contribution in [2.75, 3.05) is 5.32 Å². The maximum Gasteiger partial charge on any atom is 0.134 e. The zero-order valence-electron chi connectivity index (χ0n) is 11.7. The minimum atomic E-state index is 0.174. The minimum Gasteiger partial charge on any atom is -0.506 e. The Kier molecular flexibility index (Phi) is 4.56. The molecule has 0 aliphatic carbocycles. The van der Waals surface area contributed by atoms with Gasteiger partial charge in [-0.3, -0.25) is 4.98 Å². The minimum absolute atomic E-state index is 0.174. The van der Waals surface area contributed by atoms with Gasteiger partial charge in [0.2, 0.25) is 0 Å². The monoisotopic (exact) mass is 266 g/mol. The van der Waals surface area contributed by atoms with E-state index in [9.17, 15) is 5.11 Å². The lowest BCUT2D eigenvalue weighted by Crippen LogP contribution is -1.96. The lowest BCUT2D eigenvalue weighted by atomic mass is 10.2. The quantitative estimate of drug-likeness (QED) is 0.807. The van der Waals surface area contributed by atoms with E-state index >= 15 is 0 Å². The fourth-order valence-electron chi connectivity index (χ4n) is 1.88. The molecule has 0 atom stereocenters. The standard InChI is InChI=1S/C17H18N2O/c1-3-5-7-14(6-4-2)19-15-8-9-17-13(10-15)11-16(20)12-18-17/h3-12,19-20H,1-2H3/b5-3-,6-4+,14-7+. The third-order valence-corrected chi connectivity index (χ3v) is 2.77. The van der Waals surface area contributed by atoms with Gasteiger partial charge in [0.15, 0.2) is 0 Å². The lowest BCUT2D eigenvalue weighted by molar-refractivity contribution is 0.474. The molecule has 0 unspecified atom stereocenters. The highest BCUT2D eigenvalue weighted by Crippen LogP contribution is 2.22. The molecule has 0 amide bonds. The maximum atomic E-state index is 9.49. The average molecular weight is 266 g/mol. The van der Waals surface area contributed by atoms with Crippen LogP contribution >= 0.6 is 0 Å². The summed E-state index contributed by atoms with van der Waals surface area (Å²) in [5.74, 6) is 0.174. The smallest absolute Gasteiger partial charge is 0.134 e. The van der Waals surface area contributed by atoms with Gasteiger partial charge in [-0.2, -0.15) is 0 Å². The molecular formula is C17H18N2O. The average Bonchev–Trinajstić information content (AvgIpc) is 2.44. The second kappa shape index (κ2) is 6.57. The van der Waals surface area contributed by atoms with Crippen LogP contribution in [0.1, 0.15) is 13.8 Å².